The van der Waals surface area contributed by atoms with Gasteiger partial charge in [-0.25, -0.2) is 18.6 Å². The summed E-state index contributed by atoms with van der Waals surface area (Å²) in [5.74, 6) is 0.767. The average Bonchev–Trinajstić information content (AvgIpc) is 2.88. The highest BCUT2D eigenvalue weighted by atomic mass is 32.2. The molecule has 0 saturated heterocycles. The number of hydrogen-bond acceptors (Lipinski definition) is 3. The molecule has 0 amide bonds. The Bertz CT molecular complexity index is 589. The van der Waals surface area contributed by atoms with Crippen molar-refractivity contribution in [2.75, 3.05) is 0 Å². The molecule has 0 spiro atoms. The van der Waals surface area contributed by atoms with Crippen molar-refractivity contribution in [2.24, 2.45) is 0 Å². The van der Waals surface area contributed by atoms with Crippen LogP contribution in [0.1, 0.15) is 39.3 Å². The molecule has 2 aromatic rings. The number of rotatable bonds is 4. The monoisotopic (exact) mass is 292 g/mol. The molecular weight excluding hydrogens is 272 g/mol. The lowest BCUT2D eigenvalue weighted by Gasteiger charge is -2.21. The normalized spacial score (nSPS) is 15.0. The zero-order chi connectivity index (χ0) is 14.8. The molecule has 0 aliphatic carbocycles. The van der Waals surface area contributed by atoms with Crippen LogP contribution in [-0.4, -0.2) is 23.7 Å². The molecule has 5 nitrogen and oxygen atoms in total. The SMILES string of the molecule is C[C@H](NS(=O)C(C)(C)C)c1cnn(-c2ccccn2)c1. The van der Waals surface area contributed by atoms with Crippen molar-refractivity contribution in [1.29, 1.82) is 0 Å². The maximum atomic E-state index is 12.1. The summed E-state index contributed by atoms with van der Waals surface area (Å²) in [4.78, 5) is 4.24. The molecule has 20 heavy (non-hydrogen) atoms. The molecule has 0 aromatic carbocycles. The van der Waals surface area contributed by atoms with Gasteiger partial charge in [0.2, 0.25) is 0 Å². The van der Waals surface area contributed by atoms with Crippen LogP contribution in [0.15, 0.2) is 36.8 Å². The fourth-order valence-corrected chi connectivity index (χ4v) is 2.39. The second kappa shape index (κ2) is 5.85. The Hall–Kier alpha value is -1.53. The van der Waals surface area contributed by atoms with Crippen LogP contribution in [0.5, 0.6) is 0 Å². The van der Waals surface area contributed by atoms with Crippen molar-refractivity contribution in [3.63, 3.8) is 0 Å². The van der Waals surface area contributed by atoms with Gasteiger partial charge in [0.15, 0.2) is 5.82 Å². The lowest BCUT2D eigenvalue weighted by Crippen LogP contribution is -2.34. The Balaban J connectivity index is 2.11. The third-order valence-corrected chi connectivity index (χ3v) is 4.51. The molecule has 0 saturated carbocycles. The molecule has 108 valence electrons. The first-order valence-corrected chi connectivity index (χ1v) is 7.67. The van der Waals surface area contributed by atoms with Gasteiger partial charge in [0, 0.05) is 24.0 Å². The topological polar surface area (TPSA) is 59.8 Å². The second-order valence-corrected chi connectivity index (χ2v) is 7.62. The first-order valence-electron chi connectivity index (χ1n) is 6.52. The molecule has 1 N–H and O–H groups in total. The molecule has 0 bridgehead atoms. The fraction of sp³-hybridized carbons (Fsp3) is 0.429. The summed E-state index contributed by atoms with van der Waals surface area (Å²) < 4.78 is 16.6. The van der Waals surface area contributed by atoms with Gasteiger partial charge in [-0.2, -0.15) is 5.10 Å². The fourth-order valence-electron chi connectivity index (χ4n) is 1.58. The number of nitrogens with zero attached hydrogens (tertiary/aromatic N) is 3. The number of hydrogen-bond donors (Lipinski definition) is 1. The van der Waals surface area contributed by atoms with Gasteiger partial charge in [0.25, 0.3) is 0 Å². The molecule has 6 heteroatoms. The Labute approximate surface area is 122 Å². The highest BCUT2D eigenvalue weighted by Crippen LogP contribution is 2.17. The zero-order valence-electron chi connectivity index (χ0n) is 12.2. The zero-order valence-corrected chi connectivity index (χ0v) is 13.0. The molecule has 1 unspecified atom stereocenters. The summed E-state index contributed by atoms with van der Waals surface area (Å²) in [6.07, 6.45) is 5.40. The first-order chi connectivity index (χ1) is 9.38. The van der Waals surface area contributed by atoms with Crippen molar-refractivity contribution >= 4 is 11.0 Å². The van der Waals surface area contributed by atoms with Crippen LogP contribution in [0.25, 0.3) is 5.82 Å². The molecule has 0 aliphatic rings. The van der Waals surface area contributed by atoms with E-state index >= 15 is 0 Å². The summed E-state index contributed by atoms with van der Waals surface area (Å²) >= 11 is 0. The minimum atomic E-state index is -1.11. The van der Waals surface area contributed by atoms with Gasteiger partial charge in [-0.3, -0.25) is 0 Å². The highest BCUT2D eigenvalue weighted by molar-refractivity contribution is 7.84. The van der Waals surface area contributed by atoms with E-state index in [2.05, 4.69) is 14.8 Å². The average molecular weight is 292 g/mol. The van der Waals surface area contributed by atoms with E-state index in [-0.39, 0.29) is 10.8 Å². The molecule has 0 aliphatic heterocycles. The minimum absolute atomic E-state index is 0.0347. The van der Waals surface area contributed by atoms with Gasteiger partial charge in [-0.1, -0.05) is 6.07 Å². The molecule has 2 aromatic heterocycles. The minimum Gasteiger partial charge on any atom is -0.242 e. The summed E-state index contributed by atoms with van der Waals surface area (Å²) in [5, 5.41) is 4.29. The quantitative estimate of drug-likeness (QED) is 0.941. The van der Waals surface area contributed by atoms with Crippen LogP contribution in [0.2, 0.25) is 0 Å². The van der Waals surface area contributed by atoms with Gasteiger partial charge in [-0.15, -0.1) is 0 Å². The largest absolute Gasteiger partial charge is 0.242 e. The summed E-state index contributed by atoms with van der Waals surface area (Å²) in [5.41, 5.74) is 0.980. The van der Waals surface area contributed by atoms with Crippen LogP contribution in [0, 0.1) is 0 Å². The van der Waals surface area contributed by atoms with Gasteiger partial charge in [0.1, 0.15) is 0 Å². The third-order valence-electron chi connectivity index (χ3n) is 2.83. The van der Waals surface area contributed by atoms with E-state index in [9.17, 15) is 4.21 Å². The van der Waals surface area contributed by atoms with Gasteiger partial charge in [-0.05, 0) is 39.8 Å². The second-order valence-electron chi connectivity index (χ2n) is 5.63. The number of aromatic nitrogens is 3. The van der Waals surface area contributed by atoms with Crippen molar-refractivity contribution in [2.45, 2.75) is 38.5 Å². The Morgan fingerprint density at radius 2 is 2.10 bits per heavy atom. The lowest BCUT2D eigenvalue weighted by atomic mass is 10.2. The first kappa shape index (κ1) is 14.9. The van der Waals surface area contributed by atoms with Crippen molar-refractivity contribution in [1.82, 2.24) is 19.5 Å². The number of nitrogens with one attached hydrogen (secondary N) is 1. The Morgan fingerprint density at radius 1 is 1.35 bits per heavy atom. The predicted octanol–water partition coefficient (Wildman–Crippen LogP) is 2.38. The van der Waals surface area contributed by atoms with E-state index in [0.717, 1.165) is 11.4 Å². The van der Waals surface area contributed by atoms with Crippen LogP contribution in [-0.2, 0) is 11.0 Å². The van der Waals surface area contributed by atoms with Crippen molar-refractivity contribution in [3.05, 3.63) is 42.4 Å². The lowest BCUT2D eigenvalue weighted by molar-refractivity contribution is 0.616. The van der Waals surface area contributed by atoms with E-state index in [4.69, 9.17) is 0 Å². The summed E-state index contributed by atoms with van der Waals surface area (Å²) in [7, 11) is -1.11. The van der Waals surface area contributed by atoms with E-state index < -0.39 is 11.0 Å². The van der Waals surface area contributed by atoms with Gasteiger partial charge >= 0.3 is 0 Å². The van der Waals surface area contributed by atoms with Gasteiger partial charge in [0.05, 0.1) is 21.9 Å². The smallest absolute Gasteiger partial charge is 0.153 e. The van der Waals surface area contributed by atoms with E-state index in [1.807, 2.05) is 52.1 Å². The van der Waals surface area contributed by atoms with Crippen LogP contribution in [0.3, 0.4) is 0 Å². The van der Waals surface area contributed by atoms with Crippen molar-refractivity contribution in [3.8, 4) is 5.82 Å². The van der Waals surface area contributed by atoms with Crippen LogP contribution in [0.4, 0.5) is 0 Å². The van der Waals surface area contributed by atoms with Gasteiger partial charge < -0.3 is 0 Å². The standard InChI is InChI=1S/C14H20N4OS/c1-11(17-20(19)14(2,3)4)12-9-16-18(10-12)13-7-5-6-8-15-13/h5-11,17H,1-4H3/t11-,20?/m0/s1. The van der Waals surface area contributed by atoms with E-state index in [1.54, 1.807) is 17.1 Å². The van der Waals surface area contributed by atoms with Crippen LogP contribution < -0.4 is 4.72 Å². The molecular formula is C14H20N4OS. The molecule has 0 radical (unpaired) electrons. The maximum absolute atomic E-state index is 12.1. The third kappa shape index (κ3) is 3.52. The molecule has 2 rings (SSSR count). The number of pyridine rings is 1. The van der Waals surface area contributed by atoms with E-state index in [1.165, 1.54) is 0 Å². The van der Waals surface area contributed by atoms with E-state index in [0.29, 0.717) is 0 Å². The molecule has 2 atom stereocenters. The predicted molar refractivity (Wildman–Crippen MR) is 80.8 cm³/mol. The summed E-state index contributed by atoms with van der Waals surface area (Å²) in [6.45, 7) is 7.81. The summed E-state index contributed by atoms with van der Waals surface area (Å²) in [6, 6.07) is 5.64. The molecule has 2 heterocycles. The van der Waals surface area contributed by atoms with Crippen LogP contribution >= 0.6 is 0 Å². The Morgan fingerprint density at radius 3 is 2.70 bits per heavy atom. The highest BCUT2D eigenvalue weighted by Gasteiger charge is 2.22. The Kier molecular flexibility index (Phi) is 4.35. The maximum Gasteiger partial charge on any atom is 0.153 e. The van der Waals surface area contributed by atoms with Crippen molar-refractivity contribution < 1.29 is 4.21 Å². The molecule has 0 fully saturated rings.